The molecule has 0 unspecified atom stereocenters. The fourth-order valence-electron chi connectivity index (χ4n) is 6.26. The Morgan fingerprint density at radius 2 is 1.73 bits per heavy atom. The number of likely N-dealkylation sites (N-methyl/N-ethyl adjacent to an activating group) is 1. The topological polar surface area (TPSA) is 69.5 Å². The summed E-state index contributed by atoms with van der Waals surface area (Å²) in [6.07, 6.45) is 11.8. The minimum atomic E-state index is -0.166. The number of nitrogens with zero attached hydrogens (tertiary/aromatic N) is 5. The van der Waals surface area contributed by atoms with Gasteiger partial charge in [0.25, 0.3) is 0 Å². The lowest BCUT2D eigenvalue weighted by atomic mass is 9.80. The summed E-state index contributed by atoms with van der Waals surface area (Å²) in [5.74, 6) is 1.46. The third-order valence-corrected chi connectivity index (χ3v) is 9.11. The van der Waals surface area contributed by atoms with E-state index in [1.54, 1.807) is 0 Å². The van der Waals surface area contributed by atoms with Crippen molar-refractivity contribution in [3.05, 3.63) is 42.2 Å². The molecule has 2 N–H and O–H groups in total. The maximum absolute atomic E-state index is 10.1. The van der Waals surface area contributed by atoms with Crippen molar-refractivity contribution >= 4 is 17.0 Å². The van der Waals surface area contributed by atoms with E-state index in [9.17, 15) is 5.11 Å². The number of aliphatic hydroxyl groups is 1. The van der Waals surface area contributed by atoms with E-state index in [-0.39, 0.29) is 6.10 Å². The van der Waals surface area contributed by atoms with Crippen molar-refractivity contribution in [2.45, 2.75) is 76.6 Å². The van der Waals surface area contributed by atoms with Gasteiger partial charge in [0.05, 0.1) is 6.10 Å². The number of aromatic nitrogens is 3. The third kappa shape index (κ3) is 5.40. The van der Waals surface area contributed by atoms with E-state index in [1.807, 2.05) is 6.20 Å². The van der Waals surface area contributed by atoms with Crippen LogP contribution in [0.1, 0.15) is 63.5 Å². The molecular weight excluding hydrogens is 460 g/mol. The van der Waals surface area contributed by atoms with Crippen LogP contribution in [0, 0.1) is 5.92 Å². The number of hydrogen-bond acceptors (Lipinski definition) is 6. The van der Waals surface area contributed by atoms with Crippen LogP contribution in [0.15, 0.2) is 36.7 Å². The van der Waals surface area contributed by atoms with Crippen LogP contribution in [0.3, 0.4) is 0 Å². The highest BCUT2D eigenvalue weighted by atomic mass is 16.3. The first kappa shape index (κ1) is 24.8. The lowest BCUT2D eigenvalue weighted by Gasteiger charge is -2.32. The van der Waals surface area contributed by atoms with Gasteiger partial charge in [-0.1, -0.05) is 30.7 Å². The normalized spacial score (nSPS) is 24.7. The third-order valence-electron chi connectivity index (χ3n) is 9.11. The summed E-state index contributed by atoms with van der Waals surface area (Å²) < 4.78 is 2.37. The first-order chi connectivity index (χ1) is 18.0. The van der Waals surface area contributed by atoms with Crippen LogP contribution < -0.4 is 5.32 Å². The van der Waals surface area contributed by atoms with E-state index in [4.69, 9.17) is 9.97 Å². The average Bonchev–Trinajstić information content (AvgIpc) is 3.24. The van der Waals surface area contributed by atoms with Gasteiger partial charge in [0.2, 0.25) is 5.95 Å². The number of rotatable bonds is 7. The summed E-state index contributed by atoms with van der Waals surface area (Å²) in [4.78, 5) is 14.8. The van der Waals surface area contributed by atoms with E-state index in [2.05, 4.69) is 64.1 Å². The summed E-state index contributed by atoms with van der Waals surface area (Å²) in [7, 11) is 2.20. The number of aliphatic hydroxyl groups excluding tert-OH is 1. The number of piperazine rings is 1. The van der Waals surface area contributed by atoms with Crippen molar-refractivity contribution in [3.63, 3.8) is 0 Å². The zero-order valence-corrected chi connectivity index (χ0v) is 22.4. The minimum absolute atomic E-state index is 0.166. The Bertz CT molecular complexity index is 1190. The molecule has 0 bridgehead atoms. The maximum Gasteiger partial charge on any atom is 0.224 e. The fourth-order valence-corrected chi connectivity index (χ4v) is 6.26. The van der Waals surface area contributed by atoms with Crippen LogP contribution in [0.5, 0.6) is 0 Å². The first-order valence-electron chi connectivity index (χ1n) is 14.4. The second kappa shape index (κ2) is 10.7. The van der Waals surface area contributed by atoms with E-state index >= 15 is 0 Å². The van der Waals surface area contributed by atoms with Crippen molar-refractivity contribution < 1.29 is 5.11 Å². The summed E-state index contributed by atoms with van der Waals surface area (Å²) in [6.45, 7) is 7.83. The molecule has 6 rings (SSSR count). The predicted molar refractivity (Wildman–Crippen MR) is 150 cm³/mol. The Kier molecular flexibility index (Phi) is 7.19. The summed E-state index contributed by atoms with van der Waals surface area (Å²) in [6, 6.07) is 9.85. The van der Waals surface area contributed by atoms with E-state index in [0.29, 0.717) is 12.1 Å². The molecular formula is C30H42N6O. The molecule has 1 aromatic carbocycles. The molecule has 198 valence electrons. The van der Waals surface area contributed by atoms with Gasteiger partial charge in [-0.05, 0) is 69.5 Å². The van der Waals surface area contributed by atoms with Gasteiger partial charge in [-0.25, -0.2) is 4.98 Å². The molecule has 1 aliphatic heterocycles. The molecule has 7 nitrogen and oxygen atoms in total. The van der Waals surface area contributed by atoms with Crippen LogP contribution >= 0.6 is 0 Å². The second-order valence-electron chi connectivity index (χ2n) is 11.7. The Morgan fingerprint density at radius 3 is 2.41 bits per heavy atom. The molecule has 1 saturated heterocycles. The van der Waals surface area contributed by atoms with Crippen LogP contribution in [0.4, 0.5) is 5.95 Å². The predicted octanol–water partition coefficient (Wildman–Crippen LogP) is 4.92. The Balaban J connectivity index is 1.28. The Labute approximate surface area is 220 Å². The smallest absolute Gasteiger partial charge is 0.224 e. The van der Waals surface area contributed by atoms with Crippen LogP contribution in [-0.2, 0) is 6.54 Å². The van der Waals surface area contributed by atoms with Crippen LogP contribution in [-0.4, -0.2) is 74.8 Å². The molecule has 3 aliphatic rings. The molecule has 3 fully saturated rings. The standard InChI is InChI=1S/C30H42N6O/c1-21(23-4-3-5-23)32-30-31-18-27-28(20-36(29(27)33-30)25-10-12-26(37)13-11-25)24-8-6-22(7-9-24)19-35-16-14-34(2)15-17-35/h6-9,18,20-21,23,25-26,37H,3-5,10-17,19H2,1-2H3,(H,31,32,33)/t21-,25?,26?/m1/s1. The number of fused-ring (bicyclic) bond motifs is 1. The quantitative estimate of drug-likeness (QED) is 0.478. The molecule has 3 heterocycles. The molecule has 7 heteroatoms. The van der Waals surface area contributed by atoms with Crippen molar-refractivity contribution in [2.75, 3.05) is 38.5 Å². The summed E-state index contributed by atoms with van der Waals surface area (Å²) in [5.41, 5.74) is 4.79. The highest BCUT2D eigenvalue weighted by molar-refractivity contribution is 5.94. The van der Waals surface area contributed by atoms with Gasteiger partial charge in [-0.2, -0.15) is 4.98 Å². The number of anilines is 1. The van der Waals surface area contributed by atoms with Gasteiger partial charge >= 0.3 is 0 Å². The molecule has 1 atom stereocenters. The molecule has 2 aromatic heterocycles. The van der Waals surface area contributed by atoms with E-state index in [1.165, 1.54) is 36.0 Å². The Morgan fingerprint density at radius 1 is 1.00 bits per heavy atom. The summed E-state index contributed by atoms with van der Waals surface area (Å²) in [5, 5.41) is 14.8. The van der Waals surface area contributed by atoms with Crippen molar-refractivity contribution in [2.24, 2.45) is 5.92 Å². The number of benzene rings is 1. The van der Waals surface area contributed by atoms with Gasteiger partial charge < -0.3 is 19.9 Å². The highest BCUT2D eigenvalue weighted by Gasteiger charge is 2.26. The van der Waals surface area contributed by atoms with Crippen molar-refractivity contribution in [1.82, 2.24) is 24.3 Å². The molecule has 3 aromatic rings. The zero-order valence-electron chi connectivity index (χ0n) is 22.4. The van der Waals surface area contributed by atoms with Gasteiger partial charge in [-0.15, -0.1) is 0 Å². The maximum atomic E-state index is 10.1. The average molecular weight is 503 g/mol. The lowest BCUT2D eigenvalue weighted by molar-refractivity contribution is 0.111. The Hall–Kier alpha value is -2.48. The SMILES string of the molecule is C[C@@H](Nc1ncc2c(-c3ccc(CN4CCN(C)CC4)cc3)cn(C3CCC(O)CC3)c2n1)C1CCC1. The van der Waals surface area contributed by atoms with E-state index in [0.717, 1.165) is 81.3 Å². The number of hydrogen-bond donors (Lipinski definition) is 2. The highest BCUT2D eigenvalue weighted by Crippen LogP contribution is 2.37. The van der Waals surface area contributed by atoms with E-state index < -0.39 is 0 Å². The molecule has 2 saturated carbocycles. The monoisotopic (exact) mass is 502 g/mol. The second-order valence-corrected chi connectivity index (χ2v) is 11.7. The van der Waals surface area contributed by atoms with Gasteiger partial charge in [0, 0.05) is 68.2 Å². The van der Waals surface area contributed by atoms with Gasteiger partial charge in [0.15, 0.2) is 0 Å². The zero-order chi connectivity index (χ0) is 25.4. The largest absolute Gasteiger partial charge is 0.393 e. The number of nitrogens with one attached hydrogen (secondary N) is 1. The fraction of sp³-hybridized carbons (Fsp3) is 0.600. The first-order valence-corrected chi connectivity index (χ1v) is 14.4. The van der Waals surface area contributed by atoms with Gasteiger partial charge in [0.1, 0.15) is 5.65 Å². The lowest BCUT2D eigenvalue weighted by Crippen LogP contribution is -2.43. The molecule has 0 amide bonds. The molecule has 2 aliphatic carbocycles. The van der Waals surface area contributed by atoms with Crippen LogP contribution in [0.2, 0.25) is 0 Å². The van der Waals surface area contributed by atoms with Crippen molar-refractivity contribution in [1.29, 1.82) is 0 Å². The molecule has 0 radical (unpaired) electrons. The molecule has 0 spiro atoms. The van der Waals surface area contributed by atoms with Crippen LogP contribution in [0.25, 0.3) is 22.2 Å². The molecule has 37 heavy (non-hydrogen) atoms. The summed E-state index contributed by atoms with van der Waals surface area (Å²) >= 11 is 0. The van der Waals surface area contributed by atoms with Gasteiger partial charge in [-0.3, -0.25) is 4.90 Å². The minimum Gasteiger partial charge on any atom is -0.393 e. The van der Waals surface area contributed by atoms with Crippen molar-refractivity contribution in [3.8, 4) is 11.1 Å².